The van der Waals surface area contributed by atoms with E-state index in [1.807, 2.05) is 0 Å². The molecule has 0 N–H and O–H groups in total. The van der Waals surface area contributed by atoms with Gasteiger partial charge in [-0.2, -0.15) is 3.97 Å². The molecule has 0 saturated heterocycles. The van der Waals surface area contributed by atoms with Crippen LogP contribution in [0.5, 0.6) is 0 Å². The lowest BCUT2D eigenvalue weighted by Crippen LogP contribution is -2.24. The topological polar surface area (TPSA) is 95.3 Å². The van der Waals surface area contributed by atoms with E-state index in [0.29, 0.717) is 9.54 Å². The zero-order valence-electron chi connectivity index (χ0n) is 11.9. The molecule has 3 aromatic rings. The number of nitrogens with zero attached hydrogens (tertiary/aromatic N) is 2. The van der Waals surface area contributed by atoms with Crippen LogP contribution in [-0.2, 0) is 10.0 Å². The summed E-state index contributed by atoms with van der Waals surface area (Å²) in [4.78, 5) is 11.9. The maximum atomic E-state index is 12.8. The van der Waals surface area contributed by atoms with Crippen LogP contribution in [-0.4, -0.2) is 17.5 Å². The van der Waals surface area contributed by atoms with Crippen LogP contribution in [0.15, 0.2) is 30.8 Å². The summed E-state index contributed by atoms with van der Waals surface area (Å²) >= 11 is 6.01. The van der Waals surface area contributed by atoms with Crippen molar-refractivity contribution in [3.05, 3.63) is 44.7 Å². The smallest absolute Gasteiger partial charge is 0.405 e. The number of fused-ring (bicyclic) bond motifs is 1. The minimum Gasteiger partial charge on any atom is -0.405 e. The first-order valence-electron chi connectivity index (χ1n) is 6.23. The van der Waals surface area contributed by atoms with Gasteiger partial charge in [-0.05, 0) is 38.5 Å². The van der Waals surface area contributed by atoms with Gasteiger partial charge in [0.25, 0.3) is 10.0 Å². The van der Waals surface area contributed by atoms with E-state index >= 15 is 0 Å². The van der Waals surface area contributed by atoms with Gasteiger partial charge in [-0.25, -0.2) is 13.2 Å². The van der Waals surface area contributed by atoms with Crippen molar-refractivity contribution in [2.75, 3.05) is 0 Å². The molecule has 22 heavy (non-hydrogen) atoms. The molecule has 0 fully saturated rings. The SMILES string of the molecule is Cc1cc(Cl)c2oc(=O)n(S(=O)(=O)c3c(C)noc3C)c2c1. The maximum Gasteiger partial charge on any atom is 0.434 e. The Morgan fingerprint density at radius 2 is 1.91 bits per heavy atom. The average molecular weight is 343 g/mol. The Labute approximate surface area is 130 Å². The molecule has 0 aliphatic carbocycles. The Kier molecular flexibility index (Phi) is 3.19. The first kappa shape index (κ1) is 14.9. The van der Waals surface area contributed by atoms with Crippen LogP contribution in [0.1, 0.15) is 17.0 Å². The van der Waals surface area contributed by atoms with Gasteiger partial charge >= 0.3 is 5.76 Å². The van der Waals surface area contributed by atoms with E-state index < -0.39 is 15.8 Å². The molecule has 2 aromatic heterocycles. The lowest BCUT2D eigenvalue weighted by atomic mass is 10.2. The van der Waals surface area contributed by atoms with Crippen LogP contribution in [0.2, 0.25) is 5.02 Å². The third-order valence-corrected chi connectivity index (χ3v) is 5.41. The molecule has 0 atom stereocenters. The monoisotopic (exact) mass is 342 g/mol. The van der Waals surface area contributed by atoms with Crippen LogP contribution in [0.4, 0.5) is 0 Å². The van der Waals surface area contributed by atoms with Crippen LogP contribution in [0.25, 0.3) is 11.1 Å². The zero-order valence-corrected chi connectivity index (χ0v) is 13.4. The van der Waals surface area contributed by atoms with Crippen LogP contribution in [0.3, 0.4) is 0 Å². The van der Waals surface area contributed by atoms with Crippen molar-refractivity contribution < 1.29 is 17.4 Å². The number of hydrogen-bond acceptors (Lipinski definition) is 6. The lowest BCUT2D eigenvalue weighted by Gasteiger charge is -2.04. The highest BCUT2D eigenvalue weighted by Gasteiger charge is 2.31. The van der Waals surface area contributed by atoms with Crippen molar-refractivity contribution in [3.8, 4) is 0 Å². The molecule has 7 nitrogen and oxygen atoms in total. The highest BCUT2D eigenvalue weighted by Crippen LogP contribution is 2.28. The van der Waals surface area contributed by atoms with E-state index in [-0.39, 0.29) is 32.5 Å². The third kappa shape index (κ3) is 1.98. The van der Waals surface area contributed by atoms with Gasteiger partial charge < -0.3 is 8.94 Å². The first-order chi connectivity index (χ1) is 10.2. The molecule has 1 aromatic carbocycles. The molecule has 0 radical (unpaired) electrons. The Hall–Kier alpha value is -2.06. The second kappa shape index (κ2) is 4.72. The van der Waals surface area contributed by atoms with Crippen LogP contribution in [0, 0.1) is 20.8 Å². The van der Waals surface area contributed by atoms with Gasteiger partial charge in [0.2, 0.25) is 0 Å². The maximum absolute atomic E-state index is 12.8. The second-order valence-corrected chi connectivity index (χ2v) is 7.02. The minimum absolute atomic E-state index is 0.0209. The van der Waals surface area contributed by atoms with Gasteiger partial charge in [-0.3, -0.25) is 0 Å². The van der Waals surface area contributed by atoms with Gasteiger partial charge in [0.1, 0.15) is 11.2 Å². The standard InChI is InChI=1S/C13H11ClN2O5S/c1-6-4-9(14)11-10(5-6)16(13(17)20-11)22(18,19)12-7(2)15-21-8(12)3/h4-5H,1-3H3. The molecular weight excluding hydrogens is 332 g/mol. The fourth-order valence-electron chi connectivity index (χ4n) is 2.35. The molecule has 9 heteroatoms. The van der Waals surface area contributed by atoms with E-state index in [1.54, 1.807) is 13.0 Å². The van der Waals surface area contributed by atoms with Crippen molar-refractivity contribution in [2.45, 2.75) is 25.7 Å². The molecule has 0 spiro atoms. The quantitative estimate of drug-likeness (QED) is 0.709. The van der Waals surface area contributed by atoms with Crippen LogP contribution >= 0.6 is 11.6 Å². The number of hydrogen-bond donors (Lipinski definition) is 0. The third-order valence-electron chi connectivity index (χ3n) is 3.21. The summed E-state index contributed by atoms with van der Waals surface area (Å²) in [5, 5.41) is 3.78. The summed E-state index contributed by atoms with van der Waals surface area (Å²) < 4.78 is 36.1. The minimum atomic E-state index is -4.21. The van der Waals surface area contributed by atoms with E-state index in [2.05, 4.69) is 5.16 Å². The second-order valence-electron chi connectivity index (χ2n) is 4.89. The lowest BCUT2D eigenvalue weighted by molar-refractivity contribution is 0.390. The van der Waals surface area contributed by atoms with Crippen molar-refractivity contribution in [3.63, 3.8) is 0 Å². The van der Waals surface area contributed by atoms with E-state index in [0.717, 1.165) is 0 Å². The van der Waals surface area contributed by atoms with Crippen molar-refractivity contribution in [1.82, 2.24) is 9.13 Å². The fourth-order valence-corrected chi connectivity index (χ4v) is 4.28. The van der Waals surface area contributed by atoms with E-state index in [4.69, 9.17) is 20.5 Å². The zero-order chi connectivity index (χ0) is 16.2. The largest absolute Gasteiger partial charge is 0.434 e. The summed E-state index contributed by atoms with van der Waals surface area (Å²) in [7, 11) is -4.21. The van der Waals surface area contributed by atoms with Gasteiger partial charge in [0.05, 0.1) is 5.02 Å². The summed E-state index contributed by atoms with van der Waals surface area (Å²) in [5.41, 5.74) is 0.959. The van der Waals surface area contributed by atoms with Crippen molar-refractivity contribution in [1.29, 1.82) is 0 Å². The predicted octanol–water partition coefficient (Wildman–Crippen LogP) is 2.40. The van der Waals surface area contributed by atoms with Crippen LogP contribution < -0.4 is 5.76 Å². The van der Waals surface area contributed by atoms with Crippen molar-refractivity contribution >= 4 is 32.7 Å². The number of rotatable bonds is 2. The molecule has 2 heterocycles. The number of aromatic nitrogens is 2. The Balaban J connectivity index is 2.45. The normalized spacial score (nSPS) is 12.2. The first-order valence-corrected chi connectivity index (χ1v) is 8.05. The molecule has 0 bridgehead atoms. The highest BCUT2D eigenvalue weighted by molar-refractivity contribution is 7.90. The van der Waals surface area contributed by atoms with Gasteiger partial charge in [-0.15, -0.1) is 0 Å². The average Bonchev–Trinajstić information content (AvgIpc) is 2.90. The molecule has 0 unspecified atom stereocenters. The number of halogens is 1. The Morgan fingerprint density at radius 1 is 1.23 bits per heavy atom. The summed E-state index contributed by atoms with van der Waals surface area (Å²) in [5.74, 6) is -0.944. The molecule has 116 valence electrons. The Bertz CT molecular complexity index is 1040. The van der Waals surface area contributed by atoms with Gasteiger partial charge in [-0.1, -0.05) is 16.8 Å². The van der Waals surface area contributed by atoms with Gasteiger partial charge in [0, 0.05) is 0 Å². The fraction of sp³-hybridized carbons (Fsp3) is 0.231. The predicted molar refractivity (Wildman–Crippen MR) is 78.8 cm³/mol. The molecule has 0 amide bonds. The number of benzene rings is 1. The van der Waals surface area contributed by atoms with E-state index in [9.17, 15) is 13.2 Å². The molecule has 3 rings (SSSR count). The summed E-state index contributed by atoms with van der Waals surface area (Å²) in [6.07, 6.45) is 0. The highest BCUT2D eigenvalue weighted by atomic mass is 35.5. The molecular formula is C13H11ClN2O5S. The van der Waals surface area contributed by atoms with Crippen molar-refractivity contribution in [2.24, 2.45) is 0 Å². The Morgan fingerprint density at radius 3 is 2.50 bits per heavy atom. The molecule has 0 aliphatic heterocycles. The number of aryl methyl sites for hydroxylation is 3. The summed E-state index contributed by atoms with van der Waals surface area (Å²) in [6.45, 7) is 4.67. The molecule has 0 saturated carbocycles. The number of oxazole rings is 1. The van der Waals surface area contributed by atoms with E-state index in [1.165, 1.54) is 19.9 Å². The summed E-state index contributed by atoms with van der Waals surface area (Å²) in [6, 6.07) is 3.10. The van der Waals surface area contributed by atoms with Gasteiger partial charge in [0.15, 0.2) is 16.2 Å². The molecule has 0 aliphatic rings.